The Morgan fingerprint density at radius 1 is 1.42 bits per heavy atom. The molecule has 0 atom stereocenters. The van der Waals surface area contributed by atoms with Crippen LogP contribution >= 0.6 is 11.6 Å². The number of amides is 2. The van der Waals surface area contributed by atoms with Gasteiger partial charge in [0.15, 0.2) is 0 Å². The molecule has 0 saturated carbocycles. The minimum Gasteiger partial charge on any atom is -0.481 e. The van der Waals surface area contributed by atoms with Crippen LogP contribution in [0.1, 0.15) is 18.9 Å². The number of hydrogen-bond acceptors (Lipinski definition) is 2. The second-order valence-electron chi connectivity index (χ2n) is 4.02. The van der Waals surface area contributed by atoms with Gasteiger partial charge in [-0.25, -0.2) is 4.79 Å². The summed E-state index contributed by atoms with van der Waals surface area (Å²) in [6.45, 7) is 2.96. The Bertz CT molecular complexity index is 451. The van der Waals surface area contributed by atoms with Crippen LogP contribution < -0.4 is 5.32 Å². The summed E-state index contributed by atoms with van der Waals surface area (Å²) >= 11 is 5.89. The summed E-state index contributed by atoms with van der Waals surface area (Å²) < 4.78 is 0. The molecule has 1 aromatic carbocycles. The summed E-state index contributed by atoms with van der Waals surface area (Å²) in [5, 5.41) is 11.7. The quantitative estimate of drug-likeness (QED) is 0.842. The average molecular weight is 285 g/mol. The number of rotatable bonds is 6. The predicted molar refractivity (Wildman–Crippen MR) is 73.2 cm³/mol. The first-order chi connectivity index (χ1) is 9.02. The first-order valence-electron chi connectivity index (χ1n) is 6.02. The van der Waals surface area contributed by atoms with E-state index in [4.69, 9.17) is 16.7 Å². The third-order valence-electron chi connectivity index (χ3n) is 2.55. The van der Waals surface area contributed by atoms with Crippen LogP contribution in [0.3, 0.4) is 0 Å². The zero-order valence-corrected chi connectivity index (χ0v) is 11.5. The fourth-order valence-electron chi connectivity index (χ4n) is 1.57. The van der Waals surface area contributed by atoms with Gasteiger partial charge in [0, 0.05) is 24.7 Å². The molecular weight excluding hydrogens is 268 g/mol. The first-order valence-corrected chi connectivity index (χ1v) is 6.39. The van der Waals surface area contributed by atoms with Crippen LogP contribution in [0.2, 0.25) is 5.02 Å². The highest BCUT2D eigenvalue weighted by Crippen LogP contribution is 2.12. The molecule has 1 rings (SSSR count). The van der Waals surface area contributed by atoms with E-state index in [1.807, 2.05) is 19.1 Å². The van der Waals surface area contributed by atoms with Gasteiger partial charge in [-0.2, -0.15) is 0 Å². The standard InChI is InChI=1S/C13H17ClN2O3/c1-2-16(13(19)15-7-6-12(17)18)9-10-4-3-5-11(14)8-10/h3-5,8H,2,6-7,9H2,1H3,(H,15,19)(H,17,18). The van der Waals surface area contributed by atoms with Gasteiger partial charge >= 0.3 is 12.0 Å². The van der Waals surface area contributed by atoms with Crippen molar-refractivity contribution in [1.82, 2.24) is 10.2 Å². The average Bonchev–Trinajstić information content (AvgIpc) is 2.35. The molecule has 0 bridgehead atoms. The third-order valence-corrected chi connectivity index (χ3v) is 2.78. The number of hydrogen-bond donors (Lipinski definition) is 2. The van der Waals surface area contributed by atoms with Gasteiger partial charge in [0.05, 0.1) is 6.42 Å². The Morgan fingerprint density at radius 3 is 2.74 bits per heavy atom. The number of nitrogens with one attached hydrogen (secondary N) is 1. The van der Waals surface area contributed by atoms with E-state index in [0.717, 1.165) is 5.56 Å². The van der Waals surface area contributed by atoms with Crippen LogP contribution in [0.5, 0.6) is 0 Å². The predicted octanol–water partition coefficient (Wildman–Crippen LogP) is 2.35. The van der Waals surface area contributed by atoms with Gasteiger partial charge in [-0.1, -0.05) is 23.7 Å². The van der Waals surface area contributed by atoms with Crippen molar-refractivity contribution in [3.8, 4) is 0 Å². The molecule has 5 nitrogen and oxygen atoms in total. The van der Waals surface area contributed by atoms with Crippen molar-refractivity contribution in [2.24, 2.45) is 0 Å². The zero-order chi connectivity index (χ0) is 14.3. The molecule has 2 amide bonds. The molecule has 0 radical (unpaired) electrons. The van der Waals surface area contributed by atoms with Crippen molar-refractivity contribution < 1.29 is 14.7 Å². The lowest BCUT2D eigenvalue weighted by molar-refractivity contribution is -0.136. The van der Waals surface area contributed by atoms with E-state index in [1.54, 1.807) is 17.0 Å². The van der Waals surface area contributed by atoms with Crippen molar-refractivity contribution in [1.29, 1.82) is 0 Å². The second kappa shape index (κ2) is 7.63. The van der Waals surface area contributed by atoms with Crippen molar-refractivity contribution in [3.63, 3.8) is 0 Å². The lowest BCUT2D eigenvalue weighted by Crippen LogP contribution is -2.40. The number of carboxylic acid groups (broad SMARTS) is 1. The number of carboxylic acids is 1. The Hall–Kier alpha value is -1.75. The topological polar surface area (TPSA) is 69.6 Å². The second-order valence-corrected chi connectivity index (χ2v) is 4.46. The van der Waals surface area contributed by atoms with Crippen LogP contribution in [0, 0.1) is 0 Å². The van der Waals surface area contributed by atoms with E-state index >= 15 is 0 Å². The summed E-state index contributed by atoms with van der Waals surface area (Å²) in [6, 6.07) is 7.01. The van der Waals surface area contributed by atoms with E-state index in [-0.39, 0.29) is 19.0 Å². The van der Waals surface area contributed by atoms with Crippen molar-refractivity contribution in [2.45, 2.75) is 19.9 Å². The van der Waals surface area contributed by atoms with Crippen LogP contribution in [-0.2, 0) is 11.3 Å². The largest absolute Gasteiger partial charge is 0.481 e. The number of benzene rings is 1. The van der Waals surface area contributed by atoms with Gasteiger partial charge in [0.25, 0.3) is 0 Å². The van der Waals surface area contributed by atoms with Gasteiger partial charge in [-0.3, -0.25) is 4.79 Å². The molecule has 0 spiro atoms. The molecule has 0 heterocycles. The Morgan fingerprint density at radius 2 is 2.16 bits per heavy atom. The Balaban J connectivity index is 2.52. The fourth-order valence-corrected chi connectivity index (χ4v) is 1.78. The molecule has 1 aromatic rings. The molecule has 0 aliphatic carbocycles. The van der Waals surface area contributed by atoms with E-state index in [1.165, 1.54) is 0 Å². The zero-order valence-electron chi connectivity index (χ0n) is 10.7. The minimum atomic E-state index is -0.932. The molecule has 0 aromatic heterocycles. The molecule has 0 unspecified atom stereocenters. The Kier molecular flexibility index (Phi) is 6.15. The molecule has 0 fully saturated rings. The molecule has 2 N–H and O–H groups in total. The van der Waals surface area contributed by atoms with Crippen LogP contribution in [0.4, 0.5) is 4.79 Å². The number of nitrogens with zero attached hydrogens (tertiary/aromatic N) is 1. The van der Waals surface area contributed by atoms with Gasteiger partial charge in [-0.05, 0) is 24.6 Å². The molecular formula is C13H17ClN2O3. The lowest BCUT2D eigenvalue weighted by Gasteiger charge is -2.21. The molecule has 104 valence electrons. The molecule has 0 saturated heterocycles. The van der Waals surface area contributed by atoms with E-state index in [9.17, 15) is 9.59 Å². The highest BCUT2D eigenvalue weighted by Gasteiger charge is 2.12. The van der Waals surface area contributed by atoms with Crippen molar-refractivity contribution >= 4 is 23.6 Å². The van der Waals surface area contributed by atoms with Crippen LogP contribution in [0.25, 0.3) is 0 Å². The van der Waals surface area contributed by atoms with E-state index < -0.39 is 5.97 Å². The number of urea groups is 1. The summed E-state index contributed by atoms with van der Waals surface area (Å²) in [5.74, 6) is -0.932. The lowest BCUT2D eigenvalue weighted by atomic mass is 10.2. The summed E-state index contributed by atoms with van der Waals surface area (Å²) in [4.78, 5) is 23.8. The highest BCUT2D eigenvalue weighted by molar-refractivity contribution is 6.30. The first kappa shape index (κ1) is 15.3. The normalized spacial score (nSPS) is 10.0. The number of aliphatic carboxylic acids is 1. The minimum absolute atomic E-state index is 0.0829. The molecule has 0 aliphatic heterocycles. The SMILES string of the molecule is CCN(Cc1cccc(Cl)c1)C(=O)NCCC(=O)O. The van der Waals surface area contributed by atoms with Gasteiger partial charge < -0.3 is 15.3 Å². The molecule has 0 aliphatic rings. The van der Waals surface area contributed by atoms with Crippen molar-refractivity contribution in [3.05, 3.63) is 34.9 Å². The summed E-state index contributed by atoms with van der Waals surface area (Å²) in [5.41, 5.74) is 0.933. The number of halogens is 1. The number of carbonyl (C=O) groups is 2. The van der Waals surface area contributed by atoms with E-state index in [0.29, 0.717) is 18.1 Å². The maximum atomic E-state index is 11.8. The van der Waals surface area contributed by atoms with Crippen molar-refractivity contribution in [2.75, 3.05) is 13.1 Å². The van der Waals surface area contributed by atoms with Gasteiger partial charge in [0.2, 0.25) is 0 Å². The molecule has 6 heteroatoms. The maximum Gasteiger partial charge on any atom is 0.317 e. The van der Waals surface area contributed by atoms with Crippen LogP contribution in [-0.4, -0.2) is 35.1 Å². The third kappa shape index (κ3) is 5.61. The van der Waals surface area contributed by atoms with Crippen LogP contribution in [0.15, 0.2) is 24.3 Å². The maximum absolute atomic E-state index is 11.8. The smallest absolute Gasteiger partial charge is 0.317 e. The molecule has 19 heavy (non-hydrogen) atoms. The monoisotopic (exact) mass is 284 g/mol. The van der Waals surface area contributed by atoms with Gasteiger partial charge in [0.1, 0.15) is 0 Å². The Labute approximate surface area is 117 Å². The fraction of sp³-hybridized carbons (Fsp3) is 0.385. The highest BCUT2D eigenvalue weighted by atomic mass is 35.5. The van der Waals surface area contributed by atoms with Gasteiger partial charge in [-0.15, -0.1) is 0 Å². The summed E-state index contributed by atoms with van der Waals surface area (Å²) in [7, 11) is 0. The number of carbonyl (C=O) groups excluding carboxylic acids is 1. The summed E-state index contributed by atoms with van der Waals surface area (Å²) in [6.07, 6.45) is -0.0829. The van der Waals surface area contributed by atoms with E-state index in [2.05, 4.69) is 5.32 Å².